The van der Waals surface area contributed by atoms with E-state index in [0.717, 1.165) is 5.56 Å². The van der Waals surface area contributed by atoms with Crippen LogP contribution < -0.4 is 4.74 Å². The van der Waals surface area contributed by atoms with E-state index >= 15 is 0 Å². The molecule has 2 heterocycles. The molecular weight excluding hydrogens is 228 g/mol. The Balaban J connectivity index is 2.14. The molecule has 2 aromatic rings. The molecule has 0 aromatic carbocycles. The van der Waals surface area contributed by atoms with Crippen LogP contribution in [0.2, 0.25) is 0 Å². The Labute approximate surface area is 105 Å². The average molecular weight is 240 g/mol. The number of pyridine rings is 2. The summed E-state index contributed by atoms with van der Waals surface area (Å²) in [6.07, 6.45) is 6.54. The molecular formula is C14H12N2O2. The molecule has 0 N–H and O–H groups in total. The van der Waals surface area contributed by atoms with Crippen molar-refractivity contribution < 1.29 is 9.53 Å². The fourth-order valence-electron chi connectivity index (χ4n) is 1.40. The molecule has 0 aliphatic heterocycles. The lowest BCUT2D eigenvalue weighted by atomic mass is 10.2. The minimum absolute atomic E-state index is 0.169. The zero-order valence-electron chi connectivity index (χ0n) is 9.91. The summed E-state index contributed by atoms with van der Waals surface area (Å²) in [5, 5.41) is 0. The van der Waals surface area contributed by atoms with Gasteiger partial charge < -0.3 is 4.74 Å². The topological polar surface area (TPSA) is 52.1 Å². The van der Waals surface area contributed by atoms with Crippen LogP contribution in [0.25, 0.3) is 6.08 Å². The largest absolute Gasteiger partial charge is 0.481 e. The Morgan fingerprint density at radius 3 is 2.89 bits per heavy atom. The third-order valence-electron chi connectivity index (χ3n) is 2.30. The molecule has 0 aliphatic carbocycles. The van der Waals surface area contributed by atoms with Crippen LogP contribution >= 0.6 is 0 Å². The first kappa shape index (κ1) is 12.0. The third-order valence-corrected chi connectivity index (χ3v) is 2.30. The van der Waals surface area contributed by atoms with Crippen molar-refractivity contribution >= 4 is 11.9 Å². The van der Waals surface area contributed by atoms with Crippen molar-refractivity contribution in [1.82, 2.24) is 9.97 Å². The second-order valence-corrected chi connectivity index (χ2v) is 3.55. The van der Waals surface area contributed by atoms with Gasteiger partial charge in [0.1, 0.15) is 5.69 Å². The van der Waals surface area contributed by atoms with Gasteiger partial charge in [0.25, 0.3) is 0 Å². The van der Waals surface area contributed by atoms with Crippen molar-refractivity contribution in [2.45, 2.75) is 0 Å². The summed E-state index contributed by atoms with van der Waals surface area (Å²) in [7, 11) is 1.52. The lowest BCUT2D eigenvalue weighted by molar-refractivity contribution is 0.104. The summed E-state index contributed by atoms with van der Waals surface area (Å²) < 4.78 is 4.97. The highest BCUT2D eigenvalue weighted by Crippen LogP contribution is 2.08. The normalized spacial score (nSPS) is 10.5. The Kier molecular flexibility index (Phi) is 3.81. The highest BCUT2D eigenvalue weighted by Gasteiger charge is 2.04. The fraction of sp³-hybridized carbons (Fsp3) is 0.0714. The number of carbonyl (C=O) groups is 1. The van der Waals surface area contributed by atoms with Gasteiger partial charge >= 0.3 is 0 Å². The van der Waals surface area contributed by atoms with Gasteiger partial charge in [0.15, 0.2) is 0 Å². The van der Waals surface area contributed by atoms with E-state index in [1.807, 2.05) is 12.1 Å². The molecule has 0 bridgehead atoms. The Morgan fingerprint density at radius 1 is 1.28 bits per heavy atom. The zero-order chi connectivity index (χ0) is 12.8. The van der Waals surface area contributed by atoms with Gasteiger partial charge in [0.05, 0.1) is 7.11 Å². The van der Waals surface area contributed by atoms with Crippen molar-refractivity contribution in [2.75, 3.05) is 7.11 Å². The Bertz CT molecular complexity index is 565. The van der Waals surface area contributed by atoms with E-state index in [0.29, 0.717) is 11.6 Å². The first-order chi connectivity index (χ1) is 8.79. The van der Waals surface area contributed by atoms with Crippen molar-refractivity contribution in [1.29, 1.82) is 0 Å². The second-order valence-electron chi connectivity index (χ2n) is 3.55. The average Bonchev–Trinajstić information content (AvgIpc) is 2.46. The number of allylic oxidation sites excluding steroid dienone is 1. The van der Waals surface area contributed by atoms with Gasteiger partial charge in [-0.25, -0.2) is 4.98 Å². The van der Waals surface area contributed by atoms with Gasteiger partial charge in [-0.05, 0) is 29.8 Å². The molecule has 0 spiro atoms. The maximum atomic E-state index is 11.9. The summed E-state index contributed by atoms with van der Waals surface area (Å²) in [6, 6.07) is 8.76. The number of ketones is 1. The maximum Gasteiger partial charge on any atom is 0.213 e. The smallest absolute Gasteiger partial charge is 0.213 e. The van der Waals surface area contributed by atoms with Gasteiger partial charge in [0.2, 0.25) is 11.7 Å². The van der Waals surface area contributed by atoms with Crippen LogP contribution in [0.15, 0.2) is 48.8 Å². The monoisotopic (exact) mass is 240 g/mol. The summed E-state index contributed by atoms with van der Waals surface area (Å²) in [5.74, 6) is 0.258. The van der Waals surface area contributed by atoms with Gasteiger partial charge in [-0.2, -0.15) is 0 Å². The third kappa shape index (κ3) is 3.01. The number of hydrogen-bond acceptors (Lipinski definition) is 4. The molecule has 4 heteroatoms. The van der Waals surface area contributed by atoms with Gasteiger partial charge in [-0.1, -0.05) is 12.1 Å². The Morgan fingerprint density at radius 2 is 2.17 bits per heavy atom. The molecule has 18 heavy (non-hydrogen) atoms. The summed E-state index contributed by atoms with van der Waals surface area (Å²) >= 11 is 0. The van der Waals surface area contributed by atoms with E-state index in [1.54, 1.807) is 36.7 Å². The second kappa shape index (κ2) is 5.72. The highest BCUT2D eigenvalue weighted by molar-refractivity contribution is 6.05. The van der Waals surface area contributed by atoms with Crippen LogP contribution in [0, 0.1) is 0 Å². The maximum absolute atomic E-state index is 11.9. The minimum Gasteiger partial charge on any atom is -0.481 e. The number of carbonyl (C=O) groups excluding carboxylic acids is 1. The lowest BCUT2D eigenvalue weighted by Gasteiger charge is -1.99. The first-order valence-corrected chi connectivity index (χ1v) is 5.43. The van der Waals surface area contributed by atoms with E-state index in [9.17, 15) is 4.79 Å². The first-order valence-electron chi connectivity index (χ1n) is 5.43. The highest BCUT2D eigenvalue weighted by atomic mass is 16.5. The molecule has 0 saturated heterocycles. The van der Waals surface area contributed by atoms with E-state index < -0.39 is 0 Å². The fourth-order valence-corrected chi connectivity index (χ4v) is 1.40. The minimum atomic E-state index is -0.169. The number of hydrogen-bond donors (Lipinski definition) is 0. The van der Waals surface area contributed by atoms with Crippen molar-refractivity contribution in [3.8, 4) is 5.88 Å². The molecule has 0 fully saturated rings. The molecule has 0 saturated carbocycles. The van der Waals surface area contributed by atoms with E-state index in [-0.39, 0.29) is 5.78 Å². The number of nitrogens with zero attached hydrogens (tertiary/aromatic N) is 2. The van der Waals surface area contributed by atoms with Crippen molar-refractivity contribution in [2.24, 2.45) is 0 Å². The van der Waals surface area contributed by atoms with Gasteiger partial charge in [0, 0.05) is 18.5 Å². The molecule has 0 unspecified atom stereocenters. The van der Waals surface area contributed by atoms with Crippen LogP contribution in [0.1, 0.15) is 16.1 Å². The van der Waals surface area contributed by atoms with Crippen LogP contribution in [-0.4, -0.2) is 22.9 Å². The number of methoxy groups -OCH3 is 1. The van der Waals surface area contributed by atoms with Crippen LogP contribution in [0.4, 0.5) is 0 Å². The van der Waals surface area contributed by atoms with Gasteiger partial charge in [-0.3, -0.25) is 9.78 Å². The predicted molar refractivity (Wildman–Crippen MR) is 68.4 cm³/mol. The Hall–Kier alpha value is -2.49. The number of rotatable bonds is 4. The molecule has 2 rings (SSSR count). The quantitative estimate of drug-likeness (QED) is 0.608. The molecule has 4 nitrogen and oxygen atoms in total. The number of aromatic nitrogens is 2. The standard InChI is InChI=1S/C14H12N2O2/c1-18-14-6-2-5-12(16-14)13(17)8-7-11-4-3-9-15-10-11/h2-10H,1H3. The van der Waals surface area contributed by atoms with E-state index in [1.165, 1.54) is 13.2 Å². The molecule has 0 radical (unpaired) electrons. The van der Waals surface area contributed by atoms with Gasteiger partial charge in [-0.15, -0.1) is 0 Å². The molecule has 0 amide bonds. The zero-order valence-corrected chi connectivity index (χ0v) is 9.91. The molecule has 0 atom stereocenters. The molecule has 2 aromatic heterocycles. The van der Waals surface area contributed by atoms with E-state index in [2.05, 4.69) is 9.97 Å². The molecule has 0 aliphatic rings. The van der Waals surface area contributed by atoms with Crippen LogP contribution in [0.3, 0.4) is 0 Å². The van der Waals surface area contributed by atoms with Crippen LogP contribution in [-0.2, 0) is 0 Å². The summed E-state index contributed by atoms with van der Waals surface area (Å²) in [6.45, 7) is 0. The lowest BCUT2D eigenvalue weighted by Crippen LogP contribution is -1.99. The number of ether oxygens (including phenoxy) is 1. The van der Waals surface area contributed by atoms with Crippen molar-refractivity contribution in [3.05, 3.63) is 60.1 Å². The SMILES string of the molecule is COc1cccc(C(=O)C=Cc2cccnc2)n1. The van der Waals surface area contributed by atoms with E-state index in [4.69, 9.17) is 4.74 Å². The summed E-state index contributed by atoms with van der Waals surface area (Å²) in [4.78, 5) is 19.9. The molecule has 90 valence electrons. The predicted octanol–water partition coefficient (Wildman–Crippen LogP) is 2.38. The van der Waals surface area contributed by atoms with Crippen molar-refractivity contribution in [3.63, 3.8) is 0 Å². The summed E-state index contributed by atoms with van der Waals surface area (Å²) in [5.41, 5.74) is 1.23. The van der Waals surface area contributed by atoms with Crippen LogP contribution in [0.5, 0.6) is 5.88 Å².